The first-order chi connectivity index (χ1) is 17.7. The fourth-order valence-electron chi connectivity index (χ4n) is 5.47. The molecule has 0 saturated carbocycles. The number of benzene rings is 1. The molecule has 188 valence electrons. The van der Waals surface area contributed by atoms with Crippen LogP contribution in [0, 0.1) is 0 Å². The Morgan fingerprint density at radius 3 is 2.67 bits per heavy atom. The number of methoxy groups -OCH3 is 1. The normalized spacial score (nSPS) is 24.8. The number of nitrogens with one attached hydrogen (secondary N) is 2. The van der Waals surface area contributed by atoms with Gasteiger partial charge in [0.1, 0.15) is 23.6 Å². The number of amides is 1. The Bertz CT molecular complexity index is 1130. The van der Waals surface area contributed by atoms with Crippen LogP contribution >= 0.6 is 0 Å². The van der Waals surface area contributed by atoms with Crippen LogP contribution in [0.15, 0.2) is 66.2 Å². The lowest BCUT2D eigenvalue weighted by molar-refractivity contribution is -0.131. The van der Waals surface area contributed by atoms with E-state index in [4.69, 9.17) is 4.74 Å². The molecule has 1 aromatic carbocycles. The molecule has 5 heterocycles. The minimum Gasteiger partial charge on any atom is -0.497 e. The molecule has 2 saturated heterocycles. The standard InChI is InChI=1S/C26H32N8O2/c1-36-20-7-5-19(6-8-20)21-18-22-26-29-28-24(33(26)16-17-34(22)30-21)9-10-25(35)32-14-12-31(13-15-32)23-4-2-3-11-27-23/h2-8,11,16-17,21-22,26,29-30H,9-10,12-15,18H2,1H3. The Labute approximate surface area is 211 Å². The van der Waals surface area contributed by atoms with Crippen LogP contribution in [-0.4, -0.2) is 77.0 Å². The molecule has 0 radical (unpaired) electrons. The molecule has 2 N–H and O–H groups in total. The van der Waals surface area contributed by atoms with Crippen LogP contribution in [0.25, 0.3) is 0 Å². The summed E-state index contributed by atoms with van der Waals surface area (Å²) in [5.41, 5.74) is 8.16. The molecule has 0 spiro atoms. The Balaban J connectivity index is 1.01. The summed E-state index contributed by atoms with van der Waals surface area (Å²) in [6.07, 6.45) is 8.03. The third kappa shape index (κ3) is 4.32. The van der Waals surface area contributed by atoms with Crippen LogP contribution in [0.3, 0.4) is 0 Å². The van der Waals surface area contributed by atoms with Gasteiger partial charge in [-0.3, -0.25) is 10.2 Å². The Morgan fingerprint density at radius 1 is 1.08 bits per heavy atom. The van der Waals surface area contributed by atoms with E-state index in [1.165, 1.54) is 5.56 Å². The van der Waals surface area contributed by atoms with Crippen molar-refractivity contribution in [1.82, 2.24) is 30.6 Å². The zero-order valence-electron chi connectivity index (χ0n) is 20.5. The van der Waals surface area contributed by atoms with E-state index >= 15 is 0 Å². The lowest BCUT2D eigenvalue weighted by atomic mass is 9.99. The monoisotopic (exact) mass is 488 g/mol. The van der Waals surface area contributed by atoms with Gasteiger partial charge >= 0.3 is 0 Å². The third-order valence-corrected chi connectivity index (χ3v) is 7.50. The summed E-state index contributed by atoms with van der Waals surface area (Å²) < 4.78 is 5.29. The van der Waals surface area contributed by atoms with Crippen LogP contribution in [0.2, 0.25) is 0 Å². The second-order valence-corrected chi connectivity index (χ2v) is 9.53. The number of hydrogen-bond donors (Lipinski definition) is 2. The van der Waals surface area contributed by atoms with E-state index in [1.54, 1.807) is 7.11 Å². The number of nitrogens with zero attached hydrogens (tertiary/aromatic N) is 6. The maximum absolute atomic E-state index is 12.9. The zero-order valence-corrected chi connectivity index (χ0v) is 20.5. The number of anilines is 1. The number of fused-ring (bicyclic) bond motifs is 3. The van der Waals surface area contributed by atoms with E-state index in [9.17, 15) is 4.79 Å². The Morgan fingerprint density at radius 2 is 1.92 bits per heavy atom. The first-order valence-corrected chi connectivity index (χ1v) is 12.6. The first-order valence-electron chi connectivity index (χ1n) is 12.6. The number of hydrazone groups is 1. The van der Waals surface area contributed by atoms with Crippen LogP contribution in [0.4, 0.5) is 5.82 Å². The van der Waals surface area contributed by atoms with Crippen molar-refractivity contribution < 1.29 is 9.53 Å². The molecule has 4 aliphatic heterocycles. The minimum atomic E-state index is 0.0535. The van der Waals surface area contributed by atoms with Crippen molar-refractivity contribution in [3.05, 3.63) is 66.6 Å². The van der Waals surface area contributed by atoms with Gasteiger partial charge in [-0.05, 0) is 36.2 Å². The minimum absolute atomic E-state index is 0.0535. The van der Waals surface area contributed by atoms with Gasteiger partial charge in [-0.15, -0.1) is 0 Å². The maximum Gasteiger partial charge on any atom is 0.223 e. The highest BCUT2D eigenvalue weighted by Crippen LogP contribution is 2.34. The van der Waals surface area contributed by atoms with Crippen molar-refractivity contribution in [3.8, 4) is 5.75 Å². The van der Waals surface area contributed by atoms with Crippen molar-refractivity contribution in [1.29, 1.82) is 0 Å². The predicted octanol–water partition coefficient (Wildman–Crippen LogP) is 1.87. The Hall–Kier alpha value is -3.79. The third-order valence-electron chi connectivity index (χ3n) is 7.50. The smallest absolute Gasteiger partial charge is 0.223 e. The highest BCUT2D eigenvalue weighted by Gasteiger charge is 2.44. The number of hydrazine groups is 1. The number of ether oxygens (including phenoxy) is 1. The first kappa shape index (κ1) is 22.7. The van der Waals surface area contributed by atoms with E-state index in [2.05, 4.69) is 60.3 Å². The van der Waals surface area contributed by atoms with Crippen molar-refractivity contribution in [3.63, 3.8) is 0 Å². The summed E-state index contributed by atoms with van der Waals surface area (Å²) in [7, 11) is 1.68. The molecule has 4 aliphatic rings. The molecule has 36 heavy (non-hydrogen) atoms. The summed E-state index contributed by atoms with van der Waals surface area (Å²) in [6, 6.07) is 14.6. The summed E-state index contributed by atoms with van der Waals surface area (Å²) >= 11 is 0. The topological polar surface area (TPSA) is 88.6 Å². The van der Waals surface area contributed by atoms with Gasteiger partial charge in [0.25, 0.3) is 0 Å². The number of carbonyl (C=O) groups is 1. The summed E-state index contributed by atoms with van der Waals surface area (Å²) in [5.74, 6) is 2.94. The quantitative estimate of drug-likeness (QED) is 0.637. The van der Waals surface area contributed by atoms with Gasteiger partial charge in [-0.2, -0.15) is 5.10 Å². The van der Waals surface area contributed by atoms with E-state index in [0.717, 1.165) is 50.0 Å². The molecule has 1 aromatic heterocycles. The average molecular weight is 489 g/mol. The van der Waals surface area contributed by atoms with Crippen molar-refractivity contribution in [2.24, 2.45) is 5.10 Å². The molecule has 3 atom stereocenters. The van der Waals surface area contributed by atoms with Crippen molar-refractivity contribution in [2.75, 3.05) is 38.2 Å². The summed E-state index contributed by atoms with van der Waals surface area (Å²) in [4.78, 5) is 23.8. The molecular weight excluding hydrogens is 456 g/mol. The Kier molecular flexibility index (Phi) is 6.10. The maximum atomic E-state index is 12.9. The lowest BCUT2D eigenvalue weighted by Crippen LogP contribution is -2.54. The average Bonchev–Trinajstić information content (AvgIpc) is 3.56. The van der Waals surface area contributed by atoms with Crippen molar-refractivity contribution in [2.45, 2.75) is 37.5 Å². The van der Waals surface area contributed by atoms with E-state index < -0.39 is 0 Å². The number of carbonyl (C=O) groups excluding carboxylic acids is 1. The second-order valence-electron chi connectivity index (χ2n) is 9.53. The highest BCUT2D eigenvalue weighted by atomic mass is 16.5. The van der Waals surface area contributed by atoms with E-state index in [1.807, 2.05) is 41.4 Å². The van der Waals surface area contributed by atoms with Gasteiger partial charge in [-0.1, -0.05) is 18.2 Å². The van der Waals surface area contributed by atoms with E-state index in [0.29, 0.717) is 12.8 Å². The number of pyridine rings is 1. The number of aromatic nitrogens is 1. The SMILES string of the molecule is COc1ccc(C2CC3C4NN=C(CCC(=O)N5CCN(c6ccccn6)CC5)N4C=CN3N2)cc1. The number of rotatable bonds is 6. The van der Waals surface area contributed by atoms with Gasteiger partial charge in [0.2, 0.25) is 5.91 Å². The van der Waals surface area contributed by atoms with Gasteiger partial charge in [0.05, 0.1) is 19.2 Å². The fraction of sp³-hybridized carbons (Fsp3) is 0.423. The number of hydrogen-bond acceptors (Lipinski definition) is 9. The molecule has 1 amide bonds. The largest absolute Gasteiger partial charge is 0.497 e. The molecule has 3 unspecified atom stereocenters. The molecule has 0 aliphatic carbocycles. The highest BCUT2D eigenvalue weighted by molar-refractivity contribution is 5.89. The van der Waals surface area contributed by atoms with Crippen LogP contribution < -0.4 is 20.5 Å². The van der Waals surface area contributed by atoms with Crippen LogP contribution in [0.1, 0.15) is 30.9 Å². The molecular formula is C26H32N8O2. The van der Waals surface area contributed by atoms with Crippen LogP contribution in [-0.2, 0) is 4.79 Å². The van der Waals surface area contributed by atoms with Gasteiger partial charge in [-0.25, -0.2) is 10.4 Å². The molecule has 10 heteroatoms. The number of piperazine rings is 1. The molecule has 6 rings (SSSR count). The van der Waals surface area contributed by atoms with Gasteiger partial charge in [0, 0.05) is 57.6 Å². The van der Waals surface area contributed by atoms with Crippen molar-refractivity contribution >= 4 is 17.6 Å². The van der Waals surface area contributed by atoms with E-state index in [-0.39, 0.29) is 24.2 Å². The molecule has 2 aromatic rings. The zero-order chi connectivity index (χ0) is 24.5. The second kappa shape index (κ2) is 9.69. The predicted molar refractivity (Wildman–Crippen MR) is 137 cm³/mol. The fourth-order valence-corrected chi connectivity index (χ4v) is 5.47. The number of amidine groups is 1. The van der Waals surface area contributed by atoms with Crippen LogP contribution in [0.5, 0.6) is 5.75 Å². The molecule has 0 bridgehead atoms. The summed E-state index contributed by atoms with van der Waals surface area (Å²) in [5, 5.41) is 6.79. The van der Waals surface area contributed by atoms with Gasteiger partial charge < -0.3 is 24.4 Å². The molecule has 2 fully saturated rings. The lowest BCUT2D eigenvalue weighted by Gasteiger charge is -2.37. The summed E-state index contributed by atoms with van der Waals surface area (Å²) in [6.45, 7) is 3.06. The van der Waals surface area contributed by atoms with Gasteiger partial charge in [0.15, 0.2) is 0 Å². The molecule has 10 nitrogen and oxygen atoms in total.